The highest BCUT2D eigenvalue weighted by molar-refractivity contribution is 7.91. The van der Waals surface area contributed by atoms with E-state index < -0.39 is 11.4 Å². The fraction of sp³-hybridized carbons (Fsp3) is 0.625. The molecule has 0 aliphatic heterocycles. The van der Waals surface area contributed by atoms with Gasteiger partial charge >= 0.3 is 0 Å². The molecule has 2 saturated carbocycles. The zero-order valence-electron chi connectivity index (χ0n) is 17.5. The van der Waals surface area contributed by atoms with E-state index in [1.807, 2.05) is 20.8 Å². The van der Waals surface area contributed by atoms with E-state index in [2.05, 4.69) is 30.0 Å². The highest BCUT2D eigenvalue weighted by atomic mass is 32.2. The van der Waals surface area contributed by atoms with Crippen molar-refractivity contribution in [3.05, 3.63) is 34.9 Å². The fourth-order valence-electron chi connectivity index (χ4n) is 4.33. The molecule has 3 aliphatic rings. The first-order valence-corrected chi connectivity index (χ1v) is 11.6. The summed E-state index contributed by atoms with van der Waals surface area (Å²) in [5.41, 5.74) is 4.62. The number of benzene rings is 1. The molecule has 0 radical (unpaired) electrons. The quantitative estimate of drug-likeness (QED) is 0.530. The van der Waals surface area contributed by atoms with Crippen LogP contribution in [0.5, 0.6) is 0 Å². The first-order chi connectivity index (χ1) is 13.3. The third kappa shape index (κ3) is 4.03. The average Bonchev–Trinajstić information content (AvgIpc) is 3.45. The van der Waals surface area contributed by atoms with Gasteiger partial charge in [-0.2, -0.15) is 0 Å². The summed E-state index contributed by atoms with van der Waals surface area (Å²) in [7, 11) is 1.81. The Kier molecular flexibility index (Phi) is 5.37. The van der Waals surface area contributed by atoms with Gasteiger partial charge < -0.3 is 9.29 Å². The molecule has 0 heterocycles. The molecule has 1 aromatic carbocycles. The molecular formula is C24H31NO2S. The maximum atomic E-state index is 13.0. The van der Waals surface area contributed by atoms with Crippen molar-refractivity contribution in [1.29, 1.82) is 0 Å². The van der Waals surface area contributed by atoms with Crippen molar-refractivity contribution in [3.63, 3.8) is 0 Å². The molecule has 1 atom stereocenters. The van der Waals surface area contributed by atoms with Crippen molar-refractivity contribution in [1.82, 2.24) is 0 Å². The number of rotatable bonds is 2. The Morgan fingerprint density at radius 3 is 2.50 bits per heavy atom. The van der Waals surface area contributed by atoms with Crippen LogP contribution in [0, 0.1) is 23.2 Å². The van der Waals surface area contributed by atoms with E-state index in [0.29, 0.717) is 12.0 Å². The number of hydrogen-bond acceptors (Lipinski definition) is 3. The number of nitrogens with zero attached hydrogens (tertiary/aromatic N) is 1. The molecular weight excluding hydrogens is 366 g/mol. The minimum absolute atomic E-state index is 0.000811. The topological polar surface area (TPSA) is 44.6 Å². The van der Waals surface area contributed by atoms with Gasteiger partial charge in [-0.3, -0.25) is 0 Å². The van der Waals surface area contributed by atoms with Crippen LogP contribution in [0.25, 0.3) is 0 Å². The molecule has 2 fully saturated rings. The standard InChI is InChI=1S/C24H31NO2S/c1-23(2,3)28(26)25-22-21-15-18(8-7-17-5-6-17)9-10-19(21)16-24(22)13-11-20(27-4)12-14-24/h9-10,15,17,20H,5-6,11-14,16H2,1-4H3/b25-22-/t20-,24-,28?. The molecule has 4 rings (SSSR count). The molecule has 1 spiro atoms. The van der Waals surface area contributed by atoms with E-state index in [9.17, 15) is 4.55 Å². The molecule has 150 valence electrons. The zero-order chi connectivity index (χ0) is 19.9. The Balaban J connectivity index is 1.72. The Labute approximate surface area is 172 Å². The van der Waals surface area contributed by atoms with E-state index >= 15 is 0 Å². The summed E-state index contributed by atoms with van der Waals surface area (Å²) < 4.78 is 23.1. The molecule has 28 heavy (non-hydrogen) atoms. The molecule has 4 heteroatoms. The second-order valence-electron chi connectivity index (χ2n) is 9.61. The van der Waals surface area contributed by atoms with Crippen LogP contribution in [0.1, 0.15) is 76.0 Å². The summed E-state index contributed by atoms with van der Waals surface area (Å²) in [6, 6.07) is 6.56. The van der Waals surface area contributed by atoms with Gasteiger partial charge in [-0.05, 0) is 83.4 Å². The van der Waals surface area contributed by atoms with Crippen molar-refractivity contribution >= 4 is 17.1 Å². The molecule has 0 saturated heterocycles. The summed E-state index contributed by atoms with van der Waals surface area (Å²) in [5, 5.41) is 0. The van der Waals surface area contributed by atoms with Gasteiger partial charge in [0.05, 0.1) is 6.10 Å². The van der Waals surface area contributed by atoms with Crippen molar-refractivity contribution in [3.8, 4) is 11.8 Å². The summed E-state index contributed by atoms with van der Waals surface area (Å²) in [5.74, 6) is 7.30. The van der Waals surface area contributed by atoms with E-state index in [1.54, 1.807) is 7.11 Å². The summed E-state index contributed by atoms with van der Waals surface area (Å²) >= 11 is -1.26. The van der Waals surface area contributed by atoms with E-state index in [1.165, 1.54) is 24.0 Å². The number of ether oxygens (including phenoxy) is 1. The van der Waals surface area contributed by atoms with E-state index in [4.69, 9.17) is 9.13 Å². The minimum atomic E-state index is -1.26. The Morgan fingerprint density at radius 1 is 1.18 bits per heavy atom. The lowest BCUT2D eigenvalue weighted by Gasteiger charge is -2.37. The van der Waals surface area contributed by atoms with Crippen LogP contribution in [0.4, 0.5) is 0 Å². The Hall–Kier alpha value is -1.28. The smallest absolute Gasteiger partial charge is 0.144 e. The van der Waals surface area contributed by atoms with Gasteiger partial charge in [0.25, 0.3) is 0 Å². The first kappa shape index (κ1) is 20.0. The van der Waals surface area contributed by atoms with Gasteiger partial charge in [0.2, 0.25) is 0 Å². The van der Waals surface area contributed by atoms with Crippen LogP contribution in [-0.4, -0.2) is 28.2 Å². The van der Waals surface area contributed by atoms with Gasteiger partial charge in [0.15, 0.2) is 0 Å². The third-order valence-electron chi connectivity index (χ3n) is 6.32. The second-order valence-corrected chi connectivity index (χ2v) is 11.5. The number of fused-ring (bicyclic) bond motifs is 1. The zero-order valence-corrected chi connectivity index (χ0v) is 18.3. The summed E-state index contributed by atoms with van der Waals surface area (Å²) in [6.45, 7) is 5.99. The lowest BCUT2D eigenvalue weighted by atomic mass is 9.70. The lowest BCUT2D eigenvalue weighted by Crippen LogP contribution is -2.37. The average molecular weight is 398 g/mol. The molecule has 1 aromatic rings. The molecule has 0 N–H and O–H groups in total. The van der Waals surface area contributed by atoms with Crippen molar-refractivity contribution in [2.75, 3.05) is 7.11 Å². The predicted molar refractivity (Wildman–Crippen MR) is 116 cm³/mol. The van der Waals surface area contributed by atoms with Crippen LogP contribution in [0.15, 0.2) is 22.6 Å². The van der Waals surface area contributed by atoms with Crippen LogP contribution >= 0.6 is 0 Å². The predicted octanol–water partition coefficient (Wildman–Crippen LogP) is 4.83. The minimum Gasteiger partial charge on any atom is -0.591 e. The fourth-order valence-corrected chi connectivity index (χ4v) is 5.07. The van der Waals surface area contributed by atoms with Crippen LogP contribution < -0.4 is 0 Å². The SMILES string of the molecule is CO[C@H]1CC[C@]2(CC1)Cc1ccc(C#CC3CC3)cc1/C2=N/[S+]([O-])C(C)(C)C. The molecule has 3 nitrogen and oxygen atoms in total. The van der Waals surface area contributed by atoms with Crippen molar-refractivity contribution in [2.24, 2.45) is 15.7 Å². The Morgan fingerprint density at radius 2 is 1.89 bits per heavy atom. The van der Waals surface area contributed by atoms with Gasteiger partial charge in [-0.15, -0.1) is 0 Å². The van der Waals surface area contributed by atoms with Crippen molar-refractivity contribution < 1.29 is 9.29 Å². The maximum Gasteiger partial charge on any atom is 0.144 e. The Bertz CT molecular complexity index is 830. The van der Waals surface area contributed by atoms with E-state index in [-0.39, 0.29) is 10.2 Å². The molecule has 0 bridgehead atoms. The first-order valence-electron chi connectivity index (χ1n) is 10.5. The number of hydrogen-bond donors (Lipinski definition) is 0. The molecule has 0 aromatic heterocycles. The highest BCUT2D eigenvalue weighted by Crippen LogP contribution is 2.49. The molecule has 1 unspecified atom stereocenters. The monoisotopic (exact) mass is 397 g/mol. The van der Waals surface area contributed by atoms with Gasteiger partial charge in [-0.25, -0.2) is 0 Å². The van der Waals surface area contributed by atoms with Crippen LogP contribution in [0.2, 0.25) is 0 Å². The van der Waals surface area contributed by atoms with Crippen LogP contribution in [-0.2, 0) is 22.5 Å². The highest BCUT2D eigenvalue weighted by Gasteiger charge is 2.47. The van der Waals surface area contributed by atoms with Gasteiger partial charge in [-0.1, -0.05) is 22.3 Å². The van der Waals surface area contributed by atoms with Crippen LogP contribution in [0.3, 0.4) is 0 Å². The largest absolute Gasteiger partial charge is 0.591 e. The lowest BCUT2D eigenvalue weighted by molar-refractivity contribution is 0.0468. The molecule has 0 amide bonds. The maximum absolute atomic E-state index is 13.0. The van der Waals surface area contributed by atoms with Crippen molar-refractivity contribution in [2.45, 2.75) is 76.6 Å². The normalized spacial score (nSPS) is 29.5. The third-order valence-corrected chi connectivity index (χ3v) is 7.71. The summed E-state index contributed by atoms with van der Waals surface area (Å²) in [4.78, 5) is 0. The second kappa shape index (κ2) is 7.52. The van der Waals surface area contributed by atoms with Gasteiger partial charge in [0, 0.05) is 29.6 Å². The van der Waals surface area contributed by atoms with E-state index in [0.717, 1.165) is 43.4 Å². The van der Waals surface area contributed by atoms with Gasteiger partial charge in [0.1, 0.15) is 21.8 Å². The molecule has 3 aliphatic carbocycles. The summed E-state index contributed by atoms with van der Waals surface area (Å²) in [6.07, 6.45) is 7.98. The number of methoxy groups -OCH3 is 1.